The largest absolute Gasteiger partial charge is 0.377 e. The summed E-state index contributed by atoms with van der Waals surface area (Å²) in [5.74, 6) is -0.910. The zero-order valence-corrected chi connectivity index (χ0v) is 11.1. The highest BCUT2D eigenvalue weighted by atomic mass is 127. The van der Waals surface area contributed by atoms with Crippen molar-refractivity contribution in [1.29, 1.82) is 0 Å². The molecule has 17 heavy (non-hydrogen) atoms. The smallest absolute Gasteiger partial charge is 0.274 e. The average Bonchev–Trinajstić information content (AvgIpc) is 2.23. The van der Waals surface area contributed by atoms with E-state index in [1.54, 1.807) is 22.6 Å². The van der Waals surface area contributed by atoms with E-state index >= 15 is 0 Å². The summed E-state index contributed by atoms with van der Waals surface area (Å²) in [7, 11) is 1.35. The van der Waals surface area contributed by atoms with Gasteiger partial charge in [-0.3, -0.25) is 14.9 Å². The molecule has 0 aliphatic rings. The topological polar surface area (TPSA) is 69.4 Å². The van der Waals surface area contributed by atoms with Crippen LogP contribution in [0.4, 0.5) is 10.1 Å². The van der Waals surface area contributed by atoms with Gasteiger partial charge in [-0.05, 0) is 28.7 Å². The molecule has 0 aliphatic carbocycles. The first kappa shape index (κ1) is 14.0. The lowest BCUT2D eigenvalue weighted by Gasteiger charge is -2.04. The average molecular weight is 353 g/mol. The first-order valence-corrected chi connectivity index (χ1v) is 5.66. The molecule has 92 valence electrons. The third-order valence-electron chi connectivity index (χ3n) is 2.01. The number of carbonyl (C=O) groups excluding carboxylic acids is 1. The Labute approximate surface area is 110 Å². The van der Waals surface area contributed by atoms with Crippen molar-refractivity contribution >= 4 is 34.1 Å². The van der Waals surface area contributed by atoms with Gasteiger partial charge in [0, 0.05) is 25.2 Å². The van der Waals surface area contributed by atoms with Crippen LogP contribution in [0.2, 0.25) is 0 Å². The van der Waals surface area contributed by atoms with Gasteiger partial charge in [0.15, 0.2) is 5.78 Å². The summed E-state index contributed by atoms with van der Waals surface area (Å²) in [5, 5.41) is 10.8. The molecule has 0 N–H and O–H groups in total. The Morgan fingerprint density at radius 1 is 1.59 bits per heavy atom. The first-order valence-electron chi connectivity index (χ1n) is 4.58. The minimum Gasteiger partial charge on any atom is -0.377 e. The number of nitro groups is 1. The Kier molecular flexibility index (Phi) is 4.94. The van der Waals surface area contributed by atoms with Crippen molar-refractivity contribution in [2.75, 3.05) is 13.7 Å². The second kappa shape index (κ2) is 6.01. The number of carbonyl (C=O) groups is 1. The number of methoxy groups -OCH3 is 1. The van der Waals surface area contributed by atoms with Crippen LogP contribution in [0.25, 0.3) is 0 Å². The number of nitro benzene ring substituents is 1. The molecule has 0 saturated heterocycles. The van der Waals surface area contributed by atoms with Crippen molar-refractivity contribution in [2.24, 2.45) is 0 Å². The number of ether oxygens (including phenoxy) is 1. The molecule has 5 nitrogen and oxygen atoms in total. The summed E-state index contributed by atoms with van der Waals surface area (Å²) in [6.07, 6.45) is -0.210. The van der Waals surface area contributed by atoms with Crippen LogP contribution in [0, 0.1) is 19.5 Å². The van der Waals surface area contributed by atoms with E-state index in [-0.39, 0.29) is 33.6 Å². The maximum atomic E-state index is 13.3. The number of ketones is 1. The monoisotopic (exact) mass is 353 g/mol. The van der Waals surface area contributed by atoms with Gasteiger partial charge >= 0.3 is 0 Å². The van der Waals surface area contributed by atoms with E-state index in [4.69, 9.17) is 0 Å². The quantitative estimate of drug-likeness (QED) is 0.462. The fourth-order valence-corrected chi connectivity index (χ4v) is 1.76. The van der Waals surface area contributed by atoms with E-state index in [1.807, 2.05) is 0 Å². The third-order valence-corrected chi connectivity index (χ3v) is 2.84. The van der Waals surface area contributed by atoms with Gasteiger partial charge in [-0.15, -0.1) is 0 Å². The normalized spacial score (nSPS) is 10.3. The van der Waals surface area contributed by atoms with Crippen LogP contribution in [0.15, 0.2) is 12.1 Å². The van der Waals surface area contributed by atoms with Crippen LogP contribution in [0.1, 0.15) is 5.56 Å². The number of benzene rings is 1. The molecule has 0 heterocycles. The molecule has 1 rings (SSSR count). The molecule has 0 aliphatic heterocycles. The summed E-state index contributed by atoms with van der Waals surface area (Å²) < 4.78 is 18.1. The van der Waals surface area contributed by atoms with Crippen molar-refractivity contribution < 1.29 is 18.8 Å². The zero-order valence-electron chi connectivity index (χ0n) is 8.91. The molecule has 0 aromatic heterocycles. The summed E-state index contributed by atoms with van der Waals surface area (Å²) in [6, 6.07) is 2.14. The maximum Gasteiger partial charge on any atom is 0.274 e. The second-order valence-corrected chi connectivity index (χ2v) is 4.46. The Morgan fingerprint density at radius 2 is 2.24 bits per heavy atom. The van der Waals surface area contributed by atoms with E-state index in [0.29, 0.717) is 0 Å². The highest BCUT2D eigenvalue weighted by Crippen LogP contribution is 2.24. The van der Waals surface area contributed by atoms with Crippen LogP contribution >= 0.6 is 22.6 Å². The Bertz CT molecular complexity index is 464. The minimum absolute atomic E-state index is 0.0648. The van der Waals surface area contributed by atoms with Gasteiger partial charge < -0.3 is 4.74 Å². The van der Waals surface area contributed by atoms with E-state index in [2.05, 4.69) is 4.74 Å². The first-order chi connectivity index (χ1) is 7.95. The lowest BCUT2D eigenvalue weighted by atomic mass is 10.1. The lowest BCUT2D eigenvalue weighted by molar-refractivity contribution is -0.385. The molecule has 0 fully saturated rings. The number of hydrogen-bond acceptors (Lipinski definition) is 4. The predicted molar refractivity (Wildman–Crippen MR) is 66.4 cm³/mol. The van der Waals surface area contributed by atoms with Crippen molar-refractivity contribution in [3.63, 3.8) is 0 Å². The molecule has 0 spiro atoms. The standard InChI is InChI=1S/C10H9FINO4/c1-17-5-7(14)2-6-3-8(11)9(12)4-10(6)13(15)16/h3-4H,2,5H2,1H3. The fourth-order valence-electron chi connectivity index (χ4n) is 1.31. The predicted octanol–water partition coefficient (Wildman–Crippen LogP) is 2.10. The molecule has 1 aromatic rings. The van der Waals surface area contributed by atoms with Crippen LogP contribution < -0.4 is 0 Å². The van der Waals surface area contributed by atoms with Crippen LogP contribution in [-0.2, 0) is 16.0 Å². The van der Waals surface area contributed by atoms with E-state index in [1.165, 1.54) is 7.11 Å². The molecular formula is C10H9FINO4. The molecule has 1 aromatic carbocycles. The van der Waals surface area contributed by atoms with E-state index < -0.39 is 10.7 Å². The van der Waals surface area contributed by atoms with Gasteiger partial charge in [0.1, 0.15) is 12.4 Å². The number of nitrogens with zero attached hydrogens (tertiary/aromatic N) is 1. The Hall–Kier alpha value is -1.09. The van der Waals surface area contributed by atoms with Crippen molar-refractivity contribution in [3.05, 3.63) is 37.2 Å². The molecule has 0 saturated carbocycles. The van der Waals surface area contributed by atoms with Crippen LogP contribution in [0.5, 0.6) is 0 Å². The SMILES string of the molecule is COCC(=O)Cc1cc(F)c(I)cc1[N+](=O)[O-]. The summed E-state index contributed by atoms with van der Waals surface area (Å²) in [6.45, 7) is -0.148. The van der Waals surface area contributed by atoms with Gasteiger partial charge in [-0.25, -0.2) is 4.39 Å². The second-order valence-electron chi connectivity index (χ2n) is 3.30. The highest BCUT2D eigenvalue weighted by molar-refractivity contribution is 14.1. The number of halogens is 2. The minimum atomic E-state index is -0.628. The molecule has 0 amide bonds. The van der Waals surface area contributed by atoms with Gasteiger partial charge in [-0.2, -0.15) is 0 Å². The highest BCUT2D eigenvalue weighted by Gasteiger charge is 2.19. The maximum absolute atomic E-state index is 13.3. The summed E-state index contributed by atoms with van der Waals surface area (Å²) >= 11 is 1.66. The fraction of sp³-hybridized carbons (Fsp3) is 0.300. The summed E-state index contributed by atoms with van der Waals surface area (Å²) in [5.41, 5.74) is -0.185. The zero-order chi connectivity index (χ0) is 13.0. The van der Waals surface area contributed by atoms with Crippen molar-refractivity contribution in [1.82, 2.24) is 0 Å². The molecule has 0 radical (unpaired) electrons. The molecule has 0 atom stereocenters. The number of rotatable bonds is 5. The van der Waals surface area contributed by atoms with Gasteiger partial charge in [-0.1, -0.05) is 0 Å². The van der Waals surface area contributed by atoms with Crippen LogP contribution in [-0.4, -0.2) is 24.4 Å². The third kappa shape index (κ3) is 3.70. The number of Topliss-reactive ketones (excluding diaryl/α,β-unsaturated/α-hetero) is 1. The number of hydrogen-bond donors (Lipinski definition) is 0. The Balaban J connectivity index is 3.08. The van der Waals surface area contributed by atoms with E-state index in [9.17, 15) is 19.3 Å². The molecule has 0 bridgehead atoms. The van der Waals surface area contributed by atoms with Crippen molar-refractivity contribution in [3.8, 4) is 0 Å². The molecular weight excluding hydrogens is 344 g/mol. The van der Waals surface area contributed by atoms with Gasteiger partial charge in [0.05, 0.1) is 8.49 Å². The molecule has 0 unspecified atom stereocenters. The van der Waals surface area contributed by atoms with Crippen molar-refractivity contribution in [2.45, 2.75) is 6.42 Å². The Morgan fingerprint density at radius 3 is 2.76 bits per heavy atom. The van der Waals surface area contributed by atoms with E-state index in [0.717, 1.165) is 12.1 Å². The molecule has 7 heteroatoms. The van der Waals surface area contributed by atoms with Gasteiger partial charge in [0.2, 0.25) is 0 Å². The van der Waals surface area contributed by atoms with Crippen LogP contribution in [0.3, 0.4) is 0 Å². The lowest BCUT2D eigenvalue weighted by Crippen LogP contribution is -2.11. The summed E-state index contributed by atoms with van der Waals surface area (Å²) in [4.78, 5) is 21.4. The van der Waals surface area contributed by atoms with Gasteiger partial charge in [0.25, 0.3) is 5.69 Å².